The van der Waals surface area contributed by atoms with Crippen molar-refractivity contribution >= 4 is 23.4 Å². The molecule has 0 spiro atoms. The van der Waals surface area contributed by atoms with Crippen LogP contribution in [0, 0.1) is 0 Å². The van der Waals surface area contributed by atoms with Gasteiger partial charge in [0, 0.05) is 44.9 Å². The summed E-state index contributed by atoms with van der Waals surface area (Å²) in [6.45, 7) is 1.30. The number of pyridine rings is 1. The molecular formula is C23H25N5O4. The Kier molecular flexibility index (Phi) is 6.86. The van der Waals surface area contributed by atoms with Crippen LogP contribution < -0.4 is 5.43 Å². The van der Waals surface area contributed by atoms with Crippen LogP contribution in [0.5, 0.6) is 0 Å². The zero-order valence-electron chi connectivity index (χ0n) is 17.6. The third-order valence-electron chi connectivity index (χ3n) is 5.39. The van der Waals surface area contributed by atoms with E-state index in [1.54, 1.807) is 17.3 Å². The number of aromatic nitrogens is 1. The van der Waals surface area contributed by atoms with Gasteiger partial charge in [-0.1, -0.05) is 36.4 Å². The summed E-state index contributed by atoms with van der Waals surface area (Å²) in [5, 5.41) is 3.90. The SMILES string of the molecule is O=C1CCC(C(=O)N2CC(=O)N(Cc3cccnc3)C[C@@H](OCc3ccccc3)C2)=NN1. The number of nitrogens with zero attached hydrogens (tertiary/aromatic N) is 4. The van der Waals surface area contributed by atoms with Crippen LogP contribution >= 0.6 is 0 Å². The lowest BCUT2D eigenvalue weighted by atomic mass is 10.1. The topological polar surface area (TPSA) is 104 Å². The van der Waals surface area contributed by atoms with Crippen LogP contribution in [0.3, 0.4) is 0 Å². The van der Waals surface area contributed by atoms with Crippen molar-refractivity contribution in [2.75, 3.05) is 19.6 Å². The van der Waals surface area contributed by atoms with Crippen LogP contribution in [0.4, 0.5) is 0 Å². The Morgan fingerprint density at radius 1 is 1.06 bits per heavy atom. The van der Waals surface area contributed by atoms with Crippen LogP contribution in [0.15, 0.2) is 60.0 Å². The zero-order chi connectivity index (χ0) is 22.3. The summed E-state index contributed by atoms with van der Waals surface area (Å²) in [4.78, 5) is 44.7. The maximum Gasteiger partial charge on any atom is 0.270 e. The predicted molar refractivity (Wildman–Crippen MR) is 116 cm³/mol. The molecule has 1 aromatic heterocycles. The molecule has 0 unspecified atom stereocenters. The first-order chi connectivity index (χ1) is 15.6. The van der Waals surface area contributed by atoms with E-state index in [-0.39, 0.29) is 55.5 Å². The van der Waals surface area contributed by atoms with Gasteiger partial charge in [-0.25, -0.2) is 5.43 Å². The average molecular weight is 435 g/mol. The van der Waals surface area contributed by atoms with E-state index in [0.717, 1.165) is 11.1 Å². The first-order valence-electron chi connectivity index (χ1n) is 10.6. The number of carbonyl (C=O) groups is 3. The van der Waals surface area contributed by atoms with Crippen LogP contribution in [-0.2, 0) is 32.3 Å². The molecule has 9 nitrogen and oxygen atoms in total. The third-order valence-corrected chi connectivity index (χ3v) is 5.39. The molecule has 2 aliphatic heterocycles. The molecule has 1 atom stereocenters. The maximum atomic E-state index is 13.1. The van der Waals surface area contributed by atoms with Crippen molar-refractivity contribution in [2.24, 2.45) is 5.10 Å². The lowest BCUT2D eigenvalue weighted by molar-refractivity contribution is -0.136. The summed E-state index contributed by atoms with van der Waals surface area (Å²) in [6.07, 6.45) is 3.49. The minimum absolute atomic E-state index is 0.0722. The molecule has 3 heterocycles. The number of ether oxygens (including phenoxy) is 1. The molecule has 0 aliphatic carbocycles. The van der Waals surface area contributed by atoms with Crippen molar-refractivity contribution in [3.63, 3.8) is 0 Å². The van der Waals surface area contributed by atoms with Crippen molar-refractivity contribution in [3.8, 4) is 0 Å². The number of hydrazone groups is 1. The van der Waals surface area contributed by atoms with Crippen molar-refractivity contribution in [1.29, 1.82) is 0 Å². The lowest BCUT2D eigenvalue weighted by Crippen LogP contribution is -2.45. The van der Waals surface area contributed by atoms with Gasteiger partial charge >= 0.3 is 0 Å². The summed E-state index contributed by atoms with van der Waals surface area (Å²) in [6, 6.07) is 13.5. The van der Waals surface area contributed by atoms with E-state index in [0.29, 0.717) is 19.7 Å². The van der Waals surface area contributed by atoms with Crippen molar-refractivity contribution in [2.45, 2.75) is 32.1 Å². The van der Waals surface area contributed by atoms with E-state index < -0.39 is 0 Å². The van der Waals surface area contributed by atoms with E-state index in [4.69, 9.17) is 4.74 Å². The van der Waals surface area contributed by atoms with Crippen molar-refractivity contribution in [3.05, 3.63) is 66.0 Å². The molecule has 1 fully saturated rings. The summed E-state index contributed by atoms with van der Waals surface area (Å²) < 4.78 is 6.14. The summed E-state index contributed by atoms with van der Waals surface area (Å²) in [7, 11) is 0. The third kappa shape index (κ3) is 5.55. The highest BCUT2D eigenvalue weighted by molar-refractivity contribution is 6.39. The average Bonchev–Trinajstić information content (AvgIpc) is 2.98. The number of carbonyl (C=O) groups excluding carboxylic acids is 3. The maximum absolute atomic E-state index is 13.1. The Bertz CT molecular complexity index is 996. The van der Waals surface area contributed by atoms with E-state index >= 15 is 0 Å². The molecule has 166 valence electrons. The van der Waals surface area contributed by atoms with Gasteiger partial charge in [-0.2, -0.15) is 5.10 Å². The molecule has 0 bridgehead atoms. The van der Waals surface area contributed by atoms with Gasteiger partial charge in [0.2, 0.25) is 11.8 Å². The summed E-state index contributed by atoms with van der Waals surface area (Å²) in [5.74, 6) is -0.747. The van der Waals surface area contributed by atoms with Gasteiger partial charge in [-0.3, -0.25) is 19.4 Å². The Morgan fingerprint density at radius 3 is 2.59 bits per heavy atom. The van der Waals surface area contributed by atoms with Gasteiger partial charge in [0.05, 0.1) is 12.7 Å². The fourth-order valence-corrected chi connectivity index (χ4v) is 3.70. The number of hydrogen-bond acceptors (Lipinski definition) is 6. The molecule has 1 aromatic carbocycles. The van der Waals surface area contributed by atoms with Gasteiger partial charge in [-0.05, 0) is 17.2 Å². The molecule has 1 N–H and O–H groups in total. The molecule has 0 saturated carbocycles. The van der Waals surface area contributed by atoms with E-state index in [1.165, 1.54) is 4.90 Å². The number of hydrogen-bond donors (Lipinski definition) is 1. The molecular weight excluding hydrogens is 410 g/mol. The highest BCUT2D eigenvalue weighted by Crippen LogP contribution is 2.15. The predicted octanol–water partition coefficient (Wildman–Crippen LogP) is 1.10. The highest BCUT2D eigenvalue weighted by Gasteiger charge is 2.33. The normalized spacial score (nSPS) is 19.2. The minimum atomic E-state index is -0.374. The van der Waals surface area contributed by atoms with Crippen LogP contribution in [0.2, 0.25) is 0 Å². The smallest absolute Gasteiger partial charge is 0.270 e. The Morgan fingerprint density at radius 2 is 1.88 bits per heavy atom. The quantitative estimate of drug-likeness (QED) is 0.732. The second kappa shape index (κ2) is 10.1. The minimum Gasteiger partial charge on any atom is -0.370 e. The lowest BCUT2D eigenvalue weighted by Gasteiger charge is -2.25. The van der Waals surface area contributed by atoms with Gasteiger partial charge in [0.1, 0.15) is 12.3 Å². The van der Waals surface area contributed by atoms with E-state index in [2.05, 4.69) is 15.5 Å². The standard InChI is InChI=1S/C23H25N5O4/c29-21-9-8-20(25-26-21)23(31)28-14-19(32-16-17-5-2-1-3-6-17)13-27(22(30)15-28)12-18-7-4-10-24-11-18/h1-7,10-11,19H,8-9,12-16H2,(H,26,29)/t19-/m1/s1. The van der Waals surface area contributed by atoms with Crippen molar-refractivity contribution < 1.29 is 19.1 Å². The molecule has 9 heteroatoms. The first kappa shape index (κ1) is 21.6. The number of nitrogens with one attached hydrogen (secondary N) is 1. The highest BCUT2D eigenvalue weighted by atomic mass is 16.5. The van der Waals surface area contributed by atoms with E-state index in [9.17, 15) is 14.4 Å². The summed E-state index contributed by atoms with van der Waals surface area (Å²) >= 11 is 0. The fourth-order valence-electron chi connectivity index (χ4n) is 3.70. The molecule has 32 heavy (non-hydrogen) atoms. The molecule has 2 aromatic rings. The van der Waals surface area contributed by atoms with Gasteiger partial charge in [0.15, 0.2) is 0 Å². The Balaban J connectivity index is 1.51. The largest absolute Gasteiger partial charge is 0.370 e. The molecule has 0 radical (unpaired) electrons. The van der Waals surface area contributed by atoms with Crippen LogP contribution in [-0.4, -0.2) is 64.0 Å². The second-order valence-electron chi connectivity index (χ2n) is 7.83. The first-order valence-corrected chi connectivity index (χ1v) is 10.6. The Hall–Kier alpha value is -3.59. The molecule has 3 amide bonds. The number of amides is 3. The molecule has 4 rings (SSSR count). The fraction of sp³-hybridized carbons (Fsp3) is 0.348. The molecule has 2 aliphatic rings. The molecule has 1 saturated heterocycles. The van der Waals surface area contributed by atoms with Gasteiger partial charge in [-0.15, -0.1) is 0 Å². The van der Waals surface area contributed by atoms with Gasteiger partial charge < -0.3 is 14.5 Å². The Labute approximate surface area is 186 Å². The number of benzene rings is 1. The van der Waals surface area contributed by atoms with Crippen molar-refractivity contribution in [1.82, 2.24) is 20.2 Å². The van der Waals surface area contributed by atoms with Crippen LogP contribution in [0.25, 0.3) is 0 Å². The van der Waals surface area contributed by atoms with Crippen LogP contribution in [0.1, 0.15) is 24.0 Å². The van der Waals surface area contributed by atoms with Gasteiger partial charge in [0.25, 0.3) is 5.91 Å². The van der Waals surface area contributed by atoms with E-state index in [1.807, 2.05) is 42.5 Å². The monoisotopic (exact) mass is 435 g/mol. The summed E-state index contributed by atoms with van der Waals surface area (Å²) in [5.41, 5.74) is 4.51. The number of rotatable bonds is 6. The zero-order valence-corrected chi connectivity index (χ0v) is 17.6. The second-order valence-corrected chi connectivity index (χ2v) is 7.83.